The van der Waals surface area contributed by atoms with Crippen molar-refractivity contribution < 1.29 is 28.7 Å². The maximum atomic E-state index is 12.4. The van der Waals surface area contributed by atoms with Gasteiger partial charge < -0.3 is 10.1 Å². The van der Waals surface area contributed by atoms with E-state index in [1.165, 1.54) is 6.92 Å². The lowest BCUT2D eigenvalue weighted by atomic mass is 9.98. The molecule has 1 aromatic rings. The minimum absolute atomic E-state index is 0.0841. The molecular weight excluding hydrogens is 366 g/mol. The third kappa shape index (κ3) is 5.38. The summed E-state index contributed by atoms with van der Waals surface area (Å²) in [6.07, 6.45) is -1.37. The quantitative estimate of drug-likeness (QED) is 0.547. The van der Waals surface area contributed by atoms with Gasteiger partial charge in [0.25, 0.3) is 11.8 Å². The van der Waals surface area contributed by atoms with Crippen molar-refractivity contribution in [2.75, 3.05) is 6.54 Å². The van der Waals surface area contributed by atoms with Crippen molar-refractivity contribution in [3.05, 3.63) is 35.4 Å². The van der Waals surface area contributed by atoms with E-state index in [2.05, 4.69) is 10.6 Å². The normalized spacial score (nSPS) is 14.4. The molecule has 0 unspecified atom stereocenters. The lowest BCUT2D eigenvalue weighted by Crippen LogP contribution is -2.47. The van der Waals surface area contributed by atoms with E-state index < -0.39 is 35.8 Å². The first-order chi connectivity index (χ1) is 13.2. The standard InChI is InChI=1S/C19H23N3O6/c1-11(2)20-19(27)21-17(25)12(3)28-16(24)8-9-22-15(23)10-13-6-4-5-7-14(13)18(22)26/h4-7,11-12H,8-10H2,1-3H3,(H2,20,21,25,27)/t12-/m1/s1. The molecule has 0 spiro atoms. The highest BCUT2D eigenvalue weighted by molar-refractivity contribution is 6.09. The number of rotatable bonds is 6. The second kappa shape index (κ2) is 9.12. The van der Waals surface area contributed by atoms with Crippen LogP contribution in [0.5, 0.6) is 0 Å². The summed E-state index contributed by atoms with van der Waals surface area (Å²) in [5.74, 6) is -2.39. The van der Waals surface area contributed by atoms with Gasteiger partial charge in [0, 0.05) is 18.2 Å². The molecule has 1 aromatic carbocycles. The molecule has 0 saturated heterocycles. The third-order valence-electron chi connectivity index (χ3n) is 4.01. The van der Waals surface area contributed by atoms with Crippen LogP contribution in [0.15, 0.2) is 24.3 Å². The molecule has 9 nitrogen and oxygen atoms in total. The van der Waals surface area contributed by atoms with E-state index in [0.717, 1.165) is 4.90 Å². The lowest BCUT2D eigenvalue weighted by Gasteiger charge is -2.26. The van der Waals surface area contributed by atoms with Gasteiger partial charge in [-0.1, -0.05) is 18.2 Å². The molecule has 1 aliphatic heterocycles. The van der Waals surface area contributed by atoms with E-state index in [-0.39, 0.29) is 25.4 Å². The first kappa shape index (κ1) is 21.1. The van der Waals surface area contributed by atoms with Gasteiger partial charge in [-0.2, -0.15) is 0 Å². The van der Waals surface area contributed by atoms with Crippen molar-refractivity contribution in [2.45, 2.75) is 45.8 Å². The molecule has 0 aromatic heterocycles. The van der Waals surface area contributed by atoms with Crippen LogP contribution in [-0.4, -0.2) is 53.3 Å². The summed E-state index contributed by atoms with van der Waals surface area (Å²) in [4.78, 5) is 60.9. The molecule has 2 rings (SSSR count). The fourth-order valence-electron chi connectivity index (χ4n) is 2.65. The van der Waals surface area contributed by atoms with Gasteiger partial charge in [0.15, 0.2) is 6.10 Å². The van der Waals surface area contributed by atoms with Gasteiger partial charge in [-0.05, 0) is 32.4 Å². The average molecular weight is 389 g/mol. The molecular formula is C19H23N3O6. The second-order valence-corrected chi connectivity index (χ2v) is 6.68. The summed E-state index contributed by atoms with van der Waals surface area (Å²) in [6, 6.07) is 5.95. The fraction of sp³-hybridized carbons (Fsp3) is 0.421. The Bertz CT molecular complexity index is 805. The number of ether oxygens (including phenoxy) is 1. The number of hydrogen-bond donors (Lipinski definition) is 2. The number of imide groups is 2. The third-order valence-corrected chi connectivity index (χ3v) is 4.01. The van der Waals surface area contributed by atoms with Crippen LogP contribution < -0.4 is 10.6 Å². The Morgan fingerprint density at radius 2 is 1.82 bits per heavy atom. The van der Waals surface area contributed by atoms with Gasteiger partial charge in [0.05, 0.1) is 12.8 Å². The molecule has 5 amide bonds. The van der Waals surface area contributed by atoms with Crippen LogP contribution in [-0.2, 0) is 25.5 Å². The summed E-state index contributed by atoms with van der Waals surface area (Å²) in [5, 5.41) is 4.54. The molecule has 0 fully saturated rings. The number of benzene rings is 1. The number of nitrogens with zero attached hydrogens (tertiary/aromatic N) is 1. The molecule has 28 heavy (non-hydrogen) atoms. The predicted molar refractivity (Wildman–Crippen MR) is 98.2 cm³/mol. The minimum atomic E-state index is -1.20. The highest BCUT2D eigenvalue weighted by atomic mass is 16.5. The summed E-state index contributed by atoms with van der Waals surface area (Å²) >= 11 is 0. The van der Waals surface area contributed by atoms with Crippen LogP contribution in [0.1, 0.15) is 43.1 Å². The number of hydrogen-bond acceptors (Lipinski definition) is 6. The second-order valence-electron chi connectivity index (χ2n) is 6.68. The molecule has 2 N–H and O–H groups in total. The molecule has 0 aliphatic carbocycles. The smallest absolute Gasteiger partial charge is 0.321 e. The Labute approximate surface area is 162 Å². The molecule has 1 heterocycles. The Hall–Kier alpha value is -3.23. The number of carbonyl (C=O) groups excluding carboxylic acids is 5. The van der Waals surface area contributed by atoms with Crippen molar-refractivity contribution in [1.82, 2.24) is 15.5 Å². The molecule has 1 aliphatic rings. The molecule has 150 valence electrons. The van der Waals surface area contributed by atoms with Crippen LogP contribution >= 0.6 is 0 Å². The van der Waals surface area contributed by atoms with E-state index in [9.17, 15) is 24.0 Å². The first-order valence-electron chi connectivity index (χ1n) is 8.92. The van der Waals surface area contributed by atoms with Crippen molar-refractivity contribution in [2.24, 2.45) is 0 Å². The van der Waals surface area contributed by atoms with Crippen molar-refractivity contribution in [3.63, 3.8) is 0 Å². The van der Waals surface area contributed by atoms with Crippen molar-refractivity contribution in [3.8, 4) is 0 Å². The van der Waals surface area contributed by atoms with Gasteiger partial charge in [-0.3, -0.25) is 29.4 Å². The monoisotopic (exact) mass is 389 g/mol. The number of urea groups is 1. The Kier molecular flexibility index (Phi) is 6.86. The van der Waals surface area contributed by atoms with Crippen LogP contribution in [0.3, 0.4) is 0 Å². The molecule has 0 radical (unpaired) electrons. The molecule has 9 heteroatoms. The zero-order valence-corrected chi connectivity index (χ0v) is 16.0. The SMILES string of the molecule is CC(C)NC(=O)NC(=O)[C@@H](C)OC(=O)CCN1C(=O)Cc2ccccc2C1=O. The minimum Gasteiger partial charge on any atom is -0.452 e. The number of esters is 1. The maximum Gasteiger partial charge on any atom is 0.321 e. The van der Waals surface area contributed by atoms with Crippen molar-refractivity contribution in [1.29, 1.82) is 0 Å². The topological polar surface area (TPSA) is 122 Å². The Balaban J connectivity index is 1.85. The van der Waals surface area contributed by atoms with E-state index in [1.54, 1.807) is 38.1 Å². The van der Waals surface area contributed by atoms with E-state index in [1.807, 2.05) is 0 Å². The zero-order chi connectivity index (χ0) is 20.8. The van der Waals surface area contributed by atoms with Gasteiger partial charge in [0.2, 0.25) is 5.91 Å². The van der Waals surface area contributed by atoms with E-state index in [4.69, 9.17) is 4.74 Å². The van der Waals surface area contributed by atoms with Gasteiger partial charge in [-0.25, -0.2) is 4.79 Å². The number of amides is 5. The summed E-state index contributed by atoms with van der Waals surface area (Å²) in [6.45, 7) is 4.64. The Morgan fingerprint density at radius 3 is 2.50 bits per heavy atom. The molecule has 0 bridgehead atoms. The van der Waals surface area contributed by atoms with Gasteiger partial charge in [-0.15, -0.1) is 0 Å². The molecule has 0 saturated carbocycles. The van der Waals surface area contributed by atoms with Crippen LogP contribution in [0.25, 0.3) is 0 Å². The van der Waals surface area contributed by atoms with Gasteiger partial charge in [0.1, 0.15) is 0 Å². The maximum absolute atomic E-state index is 12.4. The highest BCUT2D eigenvalue weighted by Gasteiger charge is 2.31. The summed E-state index contributed by atoms with van der Waals surface area (Å²) < 4.78 is 4.97. The number of nitrogens with one attached hydrogen (secondary N) is 2. The van der Waals surface area contributed by atoms with E-state index in [0.29, 0.717) is 11.1 Å². The van der Waals surface area contributed by atoms with Crippen LogP contribution in [0.2, 0.25) is 0 Å². The zero-order valence-electron chi connectivity index (χ0n) is 16.0. The fourth-order valence-corrected chi connectivity index (χ4v) is 2.65. The Morgan fingerprint density at radius 1 is 1.14 bits per heavy atom. The highest BCUT2D eigenvalue weighted by Crippen LogP contribution is 2.19. The molecule has 1 atom stereocenters. The van der Waals surface area contributed by atoms with Crippen LogP contribution in [0, 0.1) is 0 Å². The lowest BCUT2D eigenvalue weighted by molar-refractivity contribution is -0.154. The van der Waals surface area contributed by atoms with Gasteiger partial charge >= 0.3 is 12.0 Å². The van der Waals surface area contributed by atoms with Crippen LogP contribution in [0.4, 0.5) is 4.79 Å². The predicted octanol–water partition coefficient (Wildman–Crippen LogP) is 0.768. The largest absolute Gasteiger partial charge is 0.452 e. The van der Waals surface area contributed by atoms with E-state index >= 15 is 0 Å². The number of fused-ring (bicyclic) bond motifs is 1. The summed E-state index contributed by atoms with van der Waals surface area (Å²) in [7, 11) is 0. The van der Waals surface area contributed by atoms with Crippen molar-refractivity contribution >= 4 is 29.7 Å². The summed E-state index contributed by atoms with van der Waals surface area (Å²) in [5.41, 5.74) is 1.08. The average Bonchev–Trinajstić information content (AvgIpc) is 2.60. The number of carbonyl (C=O) groups is 5. The first-order valence-corrected chi connectivity index (χ1v) is 8.92.